The number of hydrogen-bond donors (Lipinski definition) is 1. The molecule has 0 radical (unpaired) electrons. The molecule has 1 aliphatic rings. The SMILES string of the molecule is COc1ccc([C@H]2C(C(=O)Nc3ccccc3)=C(C)N=c3s/c(=C\c4cn(Cc5ccc(F)cc5)c5ccccc45)c(=O)n32)cc1OC. The van der Waals surface area contributed by atoms with Crippen molar-refractivity contribution in [2.45, 2.75) is 19.5 Å². The number of carbonyl (C=O) groups excluding carboxylic acids is 1. The molecule has 2 aromatic heterocycles. The lowest BCUT2D eigenvalue weighted by atomic mass is 9.94. The van der Waals surface area contributed by atoms with E-state index in [1.165, 1.54) is 23.5 Å². The molecule has 4 aromatic carbocycles. The van der Waals surface area contributed by atoms with Crippen LogP contribution in [0.5, 0.6) is 11.5 Å². The van der Waals surface area contributed by atoms with Gasteiger partial charge in [-0.3, -0.25) is 14.2 Å². The Hall–Kier alpha value is -5.74. The Morgan fingerprint density at radius 1 is 0.958 bits per heavy atom. The summed E-state index contributed by atoms with van der Waals surface area (Å²) in [6.07, 6.45) is 3.88. The van der Waals surface area contributed by atoms with Gasteiger partial charge in [0.1, 0.15) is 5.82 Å². The van der Waals surface area contributed by atoms with E-state index in [9.17, 15) is 14.0 Å². The molecule has 1 N–H and O–H groups in total. The van der Waals surface area contributed by atoms with Gasteiger partial charge in [0.15, 0.2) is 16.3 Å². The molecule has 8 nitrogen and oxygen atoms in total. The molecule has 0 saturated heterocycles. The molecule has 0 spiro atoms. The van der Waals surface area contributed by atoms with Crippen molar-refractivity contribution in [3.63, 3.8) is 0 Å². The van der Waals surface area contributed by atoms with Crippen LogP contribution in [0.1, 0.15) is 29.7 Å². The number of amides is 1. The molecule has 7 rings (SSSR count). The van der Waals surface area contributed by atoms with Gasteiger partial charge in [-0.1, -0.05) is 65.9 Å². The molecule has 240 valence electrons. The monoisotopic (exact) mass is 658 g/mol. The highest BCUT2D eigenvalue weighted by molar-refractivity contribution is 7.07. The molecule has 0 fully saturated rings. The number of thiazole rings is 1. The molecular formula is C38H31FN4O4S. The number of ether oxygens (including phenoxy) is 2. The minimum absolute atomic E-state index is 0.272. The zero-order valence-corrected chi connectivity index (χ0v) is 27.3. The lowest BCUT2D eigenvalue weighted by Gasteiger charge is -2.26. The third kappa shape index (κ3) is 5.71. The number of allylic oxidation sites excluding steroid dienone is 1. The molecule has 0 bridgehead atoms. The number of benzene rings is 4. The van der Waals surface area contributed by atoms with Gasteiger partial charge >= 0.3 is 0 Å². The smallest absolute Gasteiger partial charge is 0.271 e. The summed E-state index contributed by atoms with van der Waals surface area (Å²) < 4.78 is 28.8. The molecule has 1 aliphatic heterocycles. The highest BCUT2D eigenvalue weighted by Crippen LogP contribution is 2.36. The fourth-order valence-electron chi connectivity index (χ4n) is 6.12. The standard InChI is InChI=1S/C38H31FN4O4S/c1-23-34(36(44)41-28-9-5-4-6-10-28)35(25-15-18-31(46-2)32(19-25)47-3)43-37(45)33(48-38(43)40-23)20-26-22-42(30-12-8-7-11-29(26)30)21-24-13-16-27(39)17-14-24/h4-20,22,35H,21H2,1-3H3,(H,41,44)/b33-20-/t35-/m0/s1. The van der Waals surface area contributed by atoms with E-state index in [-0.39, 0.29) is 17.3 Å². The van der Waals surface area contributed by atoms with Crippen molar-refractivity contribution in [2.75, 3.05) is 19.5 Å². The van der Waals surface area contributed by atoms with Gasteiger partial charge in [0.2, 0.25) is 0 Å². The van der Waals surface area contributed by atoms with Crippen molar-refractivity contribution < 1.29 is 18.7 Å². The second-order valence-electron chi connectivity index (χ2n) is 11.4. The summed E-state index contributed by atoms with van der Waals surface area (Å²) in [7, 11) is 3.10. The summed E-state index contributed by atoms with van der Waals surface area (Å²) in [5, 5.41) is 3.95. The van der Waals surface area contributed by atoms with Crippen LogP contribution < -0.4 is 29.7 Å². The summed E-state index contributed by atoms with van der Waals surface area (Å²) in [6.45, 7) is 2.32. The molecule has 48 heavy (non-hydrogen) atoms. The third-order valence-electron chi connectivity index (χ3n) is 8.39. The number of nitrogens with one attached hydrogen (secondary N) is 1. The molecule has 0 saturated carbocycles. The molecule has 6 aromatic rings. The largest absolute Gasteiger partial charge is 0.493 e. The van der Waals surface area contributed by atoms with E-state index in [1.54, 1.807) is 62.1 Å². The molecule has 3 heterocycles. The first-order valence-corrected chi connectivity index (χ1v) is 16.1. The Kier molecular flexibility index (Phi) is 8.24. The second kappa shape index (κ2) is 12.8. The molecule has 0 aliphatic carbocycles. The molecular weight excluding hydrogens is 628 g/mol. The van der Waals surface area contributed by atoms with Gasteiger partial charge in [-0.05, 0) is 66.6 Å². The number of rotatable bonds is 8. The number of aromatic nitrogens is 2. The van der Waals surface area contributed by atoms with Gasteiger partial charge in [-0.2, -0.15) is 0 Å². The Balaban J connectivity index is 1.37. The van der Waals surface area contributed by atoms with Crippen LogP contribution in [-0.2, 0) is 11.3 Å². The van der Waals surface area contributed by atoms with E-state index in [2.05, 4.69) is 9.88 Å². The summed E-state index contributed by atoms with van der Waals surface area (Å²) in [5.41, 5.74) is 4.68. The lowest BCUT2D eigenvalue weighted by molar-refractivity contribution is -0.113. The fourth-order valence-corrected chi connectivity index (χ4v) is 7.16. The summed E-state index contributed by atoms with van der Waals surface area (Å²) in [4.78, 5) is 33.6. The molecule has 0 unspecified atom stereocenters. The van der Waals surface area contributed by atoms with E-state index in [4.69, 9.17) is 14.5 Å². The van der Waals surface area contributed by atoms with E-state index < -0.39 is 6.04 Å². The second-order valence-corrected chi connectivity index (χ2v) is 12.4. The minimum atomic E-state index is -0.785. The van der Waals surface area contributed by atoms with Crippen LogP contribution in [0.15, 0.2) is 124 Å². The van der Waals surface area contributed by atoms with E-state index in [1.807, 2.05) is 60.8 Å². The molecule has 10 heteroatoms. The van der Waals surface area contributed by atoms with Crippen molar-refractivity contribution in [2.24, 2.45) is 4.99 Å². The highest BCUT2D eigenvalue weighted by atomic mass is 32.1. The average Bonchev–Trinajstić information content (AvgIpc) is 3.60. The zero-order chi connectivity index (χ0) is 33.4. The first kappa shape index (κ1) is 30.9. The topological polar surface area (TPSA) is 86.9 Å². The number of methoxy groups -OCH3 is 2. The maximum Gasteiger partial charge on any atom is 0.271 e. The maximum absolute atomic E-state index is 14.4. The fraction of sp³-hybridized carbons (Fsp3) is 0.132. The van der Waals surface area contributed by atoms with Crippen molar-refractivity contribution in [1.82, 2.24) is 9.13 Å². The first-order chi connectivity index (χ1) is 23.3. The van der Waals surface area contributed by atoms with Gasteiger partial charge in [-0.15, -0.1) is 0 Å². The number of carbonyl (C=O) groups is 1. The number of fused-ring (bicyclic) bond motifs is 2. The Labute approximate surface area is 279 Å². The van der Waals surface area contributed by atoms with Gasteiger partial charge in [-0.25, -0.2) is 9.38 Å². The van der Waals surface area contributed by atoms with Crippen LogP contribution >= 0.6 is 11.3 Å². The Morgan fingerprint density at radius 3 is 2.44 bits per heavy atom. The molecule has 1 amide bonds. The number of halogens is 1. The Morgan fingerprint density at radius 2 is 1.69 bits per heavy atom. The lowest BCUT2D eigenvalue weighted by Crippen LogP contribution is -2.40. The molecule has 1 atom stereocenters. The van der Waals surface area contributed by atoms with Gasteiger partial charge in [0.25, 0.3) is 11.5 Å². The average molecular weight is 659 g/mol. The van der Waals surface area contributed by atoms with Crippen LogP contribution in [0, 0.1) is 5.82 Å². The number of para-hydroxylation sites is 2. The number of hydrogen-bond acceptors (Lipinski definition) is 6. The predicted molar refractivity (Wildman–Crippen MR) is 186 cm³/mol. The van der Waals surface area contributed by atoms with Crippen LogP contribution in [0.25, 0.3) is 17.0 Å². The highest BCUT2D eigenvalue weighted by Gasteiger charge is 2.33. The minimum Gasteiger partial charge on any atom is -0.493 e. The first-order valence-electron chi connectivity index (χ1n) is 15.3. The quantitative estimate of drug-likeness (QED) is 0.216. The van der Waals surface area contributed by atoms with Crippen molar-refractivity contribution in [3.8, 4) is 11.5 Å². The summed E-state index contributed by atoms with van der Waals surface area (Å²) in [6, 6.07) is 28.2. The van der Waals surface area contributed by atoms with Crippen LogP contribution in [-0.4, -0.2) is 29.3 Å². The van der Waals surface area contributed by atoms with Gasteiger partial charge in [0, 0.05) is 34.9 Å². The van der Waals surface area contributed by atoms with Gasteiger partial charge < -0.3 is 19.4 Å². The zero-order valence-electron chi connectivity index (χ0n) is 26.4. The third-order valence-corrected chi connectivity index (χ3v) is 9.38. The van der Waals surface area contributed by atoms with Crippen molar-refractivity contribution >= 4 is 39.9 Å². The van der Waals surface area contributed by atoms with Crippen LogP contribution in [0.3, 0.4) is 0 Å². The van der Waals surface area contributed by atoms with E-state index in [0.717, 1.165) is 22.0 Å². The van der Waals surface area contributed by atoms with Gasteiger partial charge in [0.05, 0.1) is 36.1 Å². The number of anilines is 1. The van der Waals surface area contributed by atoms with E-state index in [0.29, 0.717) is 49.9 Å². The Bertz CT molecular complexity index is 2390. The van der Waals surface area contributed by atoms with Crippen molar-refractivity contribution in [3.05, 3.63) is 157 Å². The van der Waals surface area contributed by atoms with Crippen molar-refractivity contribution in [1.29, 1.82) is 0 Å². The number of nitrogens with zero attached hydrogens (tertiary/aromatic N) is 3. The summed E-state index contributed by atoms with van der Waals surface area (Å²) >= 11 is 1.27. The maximum atomic E-state index is 14.4. The van der Waals surface area contributed by atoms with Crippen LogP contribution in [0.2, 0.25) is 0 Å². The van der Waals surface area contributed by atoms with Crippen LogP contribution in [0.4, 0.5) is 10.1 Å². The van der Waals surface area contributed by atoms with E-state index >= 15 is 0 Å². The summed E-state index contributed by atoms with van der Waals surface area (Å²) in [5.74, 6) is 0.361. The normalized spacial score (nSPS) is 14.5. The predicted octanol–water partition coefficient (Wildman–Crippen LogP) is 6.03.